The predicted molar refractivity (Wildman–Crippen MR) is 249 cm³/mol. The van der Waals surface area contributed by atoms with Crippen molar-refractivity contribution in [3.63, 3.8) is 0 Å². The number of rotatable bonds is 9. The molecule has 2 atom stereocenters. The third-order valence-corrected chi connectivity index (χ3v) is 12.0. The van der Waals surface area contributed by atoms with E-state index in [0.29, 0.717) is 24.1 Å². The molecule has 2 aliphatic rings. The Bertz CT molecular complexity index is 2800. The molecule has 10 rings (SSSR count). The number of likely N-dealkylation sites (tertiary alicyclic amines) is 2. The maximum absolute atomic E-state index is 12.8. The summed E-state index contributed by atoms with van der Waals surface area (Å²) < 4.78 is 1.96. The Kier molecular flexibility index (Phi) is 12.7. The average molecular weight is 832 g/mol. The summed E-state index contributed by atoms with van der Waals surface area (Å²) in [5.41, 5.74) is 10.4. The number of hydrogen-bond donors (Lipinski definition) is 4. The zero-order valence-electron chi connectivity index (χ0n) is 36.6. The highest BCUT2D eigenvalue weighted by molar-refractivity contribution is 6.06. The molecule has 0 bridgehead atoms. The number of carbonyl (C=O) groups is 2. The van der Waals surface area contributed by atoms with Crippen LogP contribution in [-0.4, -0.2) is 82.0 Å². The summed E-state index contributed by atoms with van der Waals surface area (Å²) in [5, 5.41) is 12.3. The average Bonchev–Trinajstić information content (AvgIpc) is 4.11. The first kappa shape index (κ1) is 42.3. The van der Waals surface area contributed by atoms with Gasteiger partial charge in [-0.3, -0.25) is 29.1 Å². The smallest absolute Gasteiger partial charge is 0.255 e. The van der Waals surface area contributed by atoms with E-state index in [1.807, 2.05) is 78.5 Å². The molecule has 0 radical (unpaired) electrons. The molecule has 2 aliphatic heterocycles. The fourth-order valence-electron chi connectivity index (χ4n) is 8.51. The van der Waals surface area contributed by atoms with Gasteiger partial charge in [-0.2, -0.15) is 5.10 Å². The van der Waals surface area contributed by atoms with Gasteiger partial charge in [0.1, 0.15) is 11.6 Å². The van der Waals surface area contributed by atoms with E-state index in [0.717, 1.165) is 93.4 Å². The Morgan fingerprint density at radius 2 is 1.37 bits per heavy atom. The monoisotopic (exact) mass is 831 g/mol. The standard InChI is InChI=1S/C24H28N6O.C14H18N4O.C11H11N/c1-15(2)30-22-9-6-17(11-18(22)13-25-30)24(31)26-19-7-8-20-21(12-19)28-23(27-20)14-29-10-4-5-16(29)3;1-10-3-2-6-18(10)8-14-16-12-5-4-11(15-9-19)7-13(12)17-14;1-8-3-6-11-10(7-8)5-4-9(2)12-11/h6-9,11-13,15-16H,4-5,10,14H2,1-3H3,(H,26,31)(H,27,28);4-5,7,9-10H,2-3,6,8H2,1H3,(H,15,19)(H,16,17);3-7H,1-2H3. The molecule has 0 spiro atoms. The van der Waals surface area contributed by atoms with Crippen molar-refractivity contribution < 1.29 is 9.59 Å². The summed E-state index contributed by atoms with van der Waals surface area (Å²) in [6.07, 6.45) is 7.54. The molecule has 4 aromatic carbocycles. The molecule has 2 fully saturated rings. The van der Waals surface area contributed by atoms with Crippen LogP contribution < -0.4 is 10.6 Å². The molecule has 4 N–H and O–H groups in total. The number of aromatic amines is 2. The number of nitrogens with one attached hydrogen (secondary N) is 4. The molecule has 0 aliphatic carbocycles. The van der Waals surface area contributed by atoms with Crippen LogP contribution in [0.3, 0.4) is 0 Å². The molecule has 0 saturated carbocycles. The van der Waals surface area contributed by atoms with Gasteiger partial charge in [-0.1, -0.05) is 17.7 Å². The van der Waals surface area contributed by atoms with Crippen molar-refractivity contribution in [2.75, 3.05) is 23.7 Å². The highest BCUT2D eigenvalue weighted by atomic mass is 16.1. The van der Waals surface area contributed by atoms with Crippen LogP contribution in [0.25, 0.3) is 43.9 Å². The van der Waals surface area contributed by atoms with Crippen molar-refractivity contribution in [3.8, 4) is 0 Å². The first-order valence-corrected chi connectivity index (χ1v) is 21.8. The topological polar surface area (TPSA) is 153 Å². The van der Waals surface area contributed by atoms with E-state index in [4.69, 9.17) is 4.98 Å². The van der Waals surface area contributed by atoms with Crippen LogP contribution >= 0.6 is 0 Å². The fourth-order valence-corrected chi connectivity index (χ4v) is 8.51. The summed E-state index contributed by atoms with van der Waals surface area (Å²) in [7, 11) is 0. The number of hydrogen-bond acceptors (Lipinski definition) is 8. The summed E-state index contributed by atoms with van der Waals surface area (Å²) in [6.45, 7) is 16.8. The normalized spacial score (nSPS) is 16.8. The molecule has 8 aromatic rings. The minimum atomic E-state index is -0.135. The van der Waals surface area contributed by atoms with Gasteiger partial charge in [0, 0.05) is 51.5 Å². The van der Waals surface area contributed by atoms with E-state index in [1.165, 1.54) is 36.6 Å². The summed E-state index contributed by atoms with van der Waals surface area (Å²) in [4.78, 5) is 48.7. The fraction of sp³-hybridized carbons (Fsp3) is 0.347. The lowest BCUT2D eigenvalue weighted by Gasteiger charge is -2.19. The van der Waals surface area contributed by atoms with Crippen molar-refractivity contribution in [2.45, 2.75) is 98.4 Å². The first-order chi connectivity index (χ1) is 30.0. The van der Waals surface area contributed by atoms with Gasteiger partial charge >= 0.3 is 0 Å². The van der Waals surface area contributed by atoms with Crippen molar-refractivity contribution in [3.05, 3.63) is 120 Å². The summed E-state index contributed by atoms with van der Waals surface area (Å²) in [5.74, 6) is 1.83. The highest BCUT2D eigenvalue weighted by Gasteiger charge is 2.22. The van der Waals surface area contributed by atoms with E-state index in [9.17, 15) is 9.59 Å². The van der Waals surface area contributed by atoms with Gasteiger partial charge in [-0.25, -0.2) is 9.97 Å². The lowest BCUT2D eigenvalue weighted by molar-refractivity contribution is -0.105. The second kappa shape index (κ2) is 18.7. The number of aromatic nitrogens is 7. The van der Waals surface area contributed by atoms with E-state index >= 15 is 0 Å². The Labute approximate surface area is 362 Å². The Morgan fingerprint density at radius 1 is 0.742 bits per heavy atom. The van der Waals surface area contributed by atoms with Gasteiger partial charge in [0.25, 0.3) is 5.91 Å². The van der Waals surface area contributed by atoms with E-state index in [-0.39, 0.29) is 11.9 Å². The van der Waals surface area contributed by atoms with Crippen LogP contribution in [0.4, 0.5) is 11.4 Å². The van der Waals surface area contributed by atoms with Crippen LogP contribution in [0.15, 0.2) is 91.1 Å². The third kappa shape index (κ3) is 9.85. The second-order valence-corrected chi connectivity index (χ2v) is 17.1. The highest BCUT2D eigenvalue weighted by Crippen LogP contribution is 2.25. The molecule has 320 valence electrons. The third-order valence-electron chi connectivity index (χ3n) is 12.0. The molecule has 2 saturated heterocycles. The van der Waals surface area contributed by atoms with Crippen LogP contribution in [0.2, 0.25) is 0 Å². The number of amides is 2. The van der Waals surface area contributed by atoms with Crippen molar-refractivity contribution in [2.24, 2.45) is 0 Å². The maximum atomic E-state index is 12.8. The quantitative estimate of drug-likeness (QED) is 0.105. The molecule has 6 heterocycles. The molecule has 4 aromatic heterocycles. The lowest BCUT2D eigenvalue weighted by Crippen LogP contribution is -2.26. The molecule has 2 unspecified atom stereocenters. The molecule has 2 amide bonds. The number of aryl methyl sites for hydroxylation is 2. The van der Waals surface area contributed by atoms with E-state index in [2.05, 4.69) is 104 Å². The zero-order valence-corrected chi connectivity index (χ0v) is 36.6. The number of H-pyrrole nitrogens is 2. The molecule has 13 heteroatoms. The van der Waals surface area contributed by atoms with Gasteiger partial charge in [-0.15, -0.1) is 0 Å². The second-order valence-electron chi connectivity index (χ2n) is 17.1. The number of anilines is 2. The zero-order chi connectivity index (χ0) is 43.3. The molecule has 13 nitrogen and oxygen atoms in total. The molecule has 62 heavy (non-hydrogen) atoms. The maximum Gasteiger partial charge on any atom is 0.255 e. The van der Waals surface area contributed by atoms with Crippen LogP contribution in [0.1, 0.15) is 92.7 Å². The van der Waals surface area contributed by atoms with Crippen LogP contribution in [-0.2, 0) is 17.9 Å². The first-order valence-electron chi connectivity index (χ1n) is 21.8. The van der Waals surface area contributed by atoms with Gasteiger partial charge in [0.05, 0.1) is 52.4 Å². The van der Waals surface area contributed by atoms with E-state index < -0.39 is 0 Å². The number of fused-ring (bicyclic) bond motifs is 4. The minimum Gasteiger partial charge on any atom is -0.341 e. The van der Waals surface area contributed by atoms with Gasteiger partial charge in [-0.05, 0) is 153 Å². The SMILES string of the molecule is CC1CCCN1Cc1nc2ccc(NC(=O)c3ccc4c(cnn4C(C)C)c3)cc2[nH]1.CC1CCCN1Cc1nc2ccc(NC=O)cc2[nH]1.Cc1ccc2nc(C)ccc2c1. The van der Waals surface area contributed by atoms with Crippen LogP contribution in [0.5, 0.6) is 0 Å². The van der Waals surface area contributed by atoms with Gasteiger partial charge in [0.2, 0.25) is 6.41 Å². The van der Waals surface area contributed by atoms with Crippen molar-refractivity contribution in [1.29, 1.82) is 0 Å². The van der Waals surface area contributed by atoms with E-state index in [1.54, 1.807) is 0 Å². The number of pyridine rings is 1. The van der Waals surface area contributed by atoms with Crippen LogP contribution in [0, 0.1) is 13.8 Å². The lowest BCUT2D eigenvalue weighted by atomic mass is 10.1. The number of carbonyl (C=O) groups excluding carboxylic acids is 2. The Hall–Kier alpha value is -6.44. The minimum absolute atomic E-state index is 0.135. The largest absolute Gasteiger partial charge is 0.341 e. The Morgan fingerprint density at radius 3 is 1.98 bits per heavy atom. The summed E-state index contributed by atoms with van der Waals surface area (Å²) in [6, 6.07) is 29.2. The summed E-state index contributed by atoms with van der Waals surface area (Å²) >= 11 is 0. The Balaban J connectivity index is 0.000000144. The van der Waals surface area contributed by atoms with Crippen molar-refractivity contribution >= 4 is 67.6 Å². The van der Waals surface area contributed by atoms with Gasteiger partial charge in [0.15, 0.2) is 0 Å². The number of imidazole rings is 2. The van der Waals surface area contributed by atoms with Gasteiger partial charge < -0.3 is 20.6 Å². The predicted octanol–water partition coefficient (Wildman–Crippen LogP) is 9.70. The van der Waals surface area contributed by atoms with Crippen molar-refractivity contribution in [1.82, 2.24) is 44.5 Å². The number of nitrogens with zero attached hydrogens (tertiary/aromatic N) is 7. The molecular weight excluding hydrogens is 775 g/mol. The molecular formula is C49H57N11O2. The number of benzene rings is 4.